The van der Waals surface area contributed by atoms with Crippen molar-refractivity contribution in [2.75, 3.05) is 19.8 Å². The maximum Gasteiger partial charge on any atom is 0.256 e. The van der Waals surface area contributed by atoms with E-state index in [1.165, 1.54) is 12.1 Å². The Bertz CT molecular complexity index is 1210. The Hall–Kier alpha value is -2.60. The Kier molecular flexibility index (Phi) is 11.2. The van der Waals surface area contributed by atoms with Crippen molar-refractivity contribution in [2.45, 2.75) is 71.4 Å². The second kappa shape index (κ2) is 13.6. The molecule has 11 heteroatoms. The molecule has 1 unspecified atom stereocenters. The molecule has 0 aliphatic heterocycles. The molecule has 2 rings (SSSR count). The van der Waals surface area contributed by atoms with Gasteiger partial charge in [0.1, 0.15) is 16.3 Å². The van der Waals surface area contributed by atoms with Crippen LogP contribution in [0.3, 0.4) is 0 Å². The third-order valence-electron chi connectivity index (χ3n) is 5.83. The molecule has 0 saturated heterocycles. The van der Waals surface area contributed by atoms with E-state index in [9.17, 15) is 18.3 Å². The summed E-state index contributed by atoms with van der Waals surface area (Å²) >= 11 is 0. The SMILES string of the molecule is Cc1c(/N=N/c2ccccc2S(=O)(=O)NC(C)CCCC(C)C)c(O)n(CCOCCO)c(=O)c1C. The number of hydrogen-bond acceptors (Lipinski definition) is 8. The van der Waals surface area contributed by atoms with Crippen LogP contribution in [0.25, 0.3) is 0 Å². The summed E-state index contributed by atoms with van der Waals surface area (Å²) in [6.45, 7) is 9.48. The van der Waals surface area contributed by atoms with Crippen molar-refractivity contribution in [3.05, 3.63) is 45.7 Å². The number of azo groups is 1. The fourth-order valence-electron chi connectivity index (χ4n) is 3.67. The number of aromatic hydroxyl groups is 1. The van der Waals surface area contributed by atoms with Crippen molar-refractivity contribution < 1.29 is 23.4 Å². The van der Waals surface area contributed by atoms with Gasteiger partial charge in [-0.25, -0.2) is 13.1 Å². The Labute approximate surface area is 213 Å². The van der Waals surface area contributed by atoms with Crippen LogP contribution in [0.15, 0.2) is 44.2 Å². The summed E-state index contributed by atoms with van der Waals surface area (Å²) in [5.41, 5.74) is 0.597. The Morgan fingerprint density at radius 2 is 1.75 bits per heavy atom. The maximum atomic E-state index is 13.1. The summed E-state index contributed by atoms with van der Waals surface area (Å²) in [5.74, 6) is 0.164. The third kappa shape index (κ3) is 7.95. The second-order valence-electron chi connectivity index (χ2n) is 9.23. The quantitative estimate of drug-likeness (QED) is 0.252. The molecule has 0 spiro atoms. The molecule has 1 atom stereocenters. The molecule has 200 valence electrons. The molecular weight excluding hydrogens is 484 g/mol. The van der Waals surface area contributed by atoms with Gasteiger partial charge in [-0.3, -0.25) is 9.36 Å². The molecule has 36 heavy (non-hydrogen) atoms. The van der Waals surface area contributed by atoms with Crippen molar-refractivity contribution in [3.8, 4) is 5.88 Å². The number of ether oxygens (including phenoxy) is 1. The van der Waals surface area contributed by atoms with Crippen LogP contribution in [0.4, 0.5) is 11.4 Å². The first-order chi connectivity index (χ1) is 17.0. The van der Waals surface area contributed by atoms with Crippen LogP contribution >= 0.6 is 0 Å². The number of nitrogens with one attached hydrogen (secondary N) is 1. The minimum atomic E-state index is -3.86. The lowest BCUT2D eigenvalue weighted by Gasteiger charge is -2.16. The molecule has 0 amide bonds. The first-order valence-corrected chi connectivity index (χ1v) is 13.6. The van der Waals surface area contributed by atoms with Crippen molar-refractivity contribution in [1.29, 1.82) is 0 Å². The van der Waals surface area contributed by atoms with E-state index in [0.717, 1.165) is 23.8 Å². The topological polar surface area (TPSA) is 143 Å². The summed E-state index contributed by atoms with van der Waals surface area (Å²) in [5, 5.41) is 27.9. The van der Waals surface area contributed by atoms with Crippen molar-refractivity contribution in [3.63, 3.8) is 0 Å². The van der Waals surface area contributed by atoms with E-state index in [1.54, 1.807) is 26.0 Å². The average molecular weight is 523 g/mol. The molecule has 1 heterocycles. The fourth-order valence-corrected chi connectivity index (χ4v) is 5.09. The molecule has 0 fully saturated rings. The molecule has 10 nitrogen and oxygen atoms in total. The fraction of sp³-hybridized carbons (Fsp3) is 0.560. The molecule has 0 saturated carbocycles. The van der Waals surface area contributed by atoms with Crippen molar-refractivity contribution in [2.24, 2.45) is 16.1 Å². The number of rotatable bonds is 14. The third-order valence-corrected chi connectivity index (χ3v) is 7.47. The standard InChI is InChI=1S/C25H38N4O6S/c1-17(2)9-8-10-18(3)28-36(33,34)22-12-7-6-11-21(22)26-27-23-19(4)20(5)24(31)29(25(23)32)13-15-35-16-14-30/h6-7,11-12,17-18,28,30,32H,8-10,13-16H2,1-5H3/b27-26+. The predicted molar refractivity (Wildman–Crippen MR) is 139 cm³/mol. The predicted octanol–water partition coefficient (Wildman–Crippen LogP) is 4.09. The summed E-state index contributed by atoms with van der Waals surface area (Å²) in [6.07, 6.45) is 2.66. The molecule has 0 radical (unpaired) electrons. The number of aromatic nitrogens is 1. The van der Waals surface area contributed by atoms with Gasteiger partial charge in [-0.2, -0.15) is 0 Å². The monoisotopic (exact) mass is 522 g/mol. The number of benzene rings is 1. The van der Waals surface area contributed by atoms with Gasteiger partial charge in [0.2, 0.25) is 15.9 Å². The van der Waals surface area contributed by atoms with Gasteiger partial charge < -0.3 is 14.9 Å². The van der Waals surface area contributed by atoms with Gasteiger partial charge in [0, 0.05) is 11.6 Å². The van der Waals surface area contributed by atoms with Crippen LogP contribution in [-0.2, 0) is 21.3 Å². The number of aliphatic hydroxyl groups is 1. The van der Waals surface area contributed by atoms with Crippen LogP contribution in [0.2, 0.25) is 0 Å². The van der Waals surface area contributed by atoms with E-state index < -0.39 is 21.5 Å². The zero-order valence-electron chi connectivity index (χ0n) is 21.7. The van der Waals surface area contributed by atoms with Crippen LogP contribution < -0.4 is 10.3 Å². The van der Waals surface area contributed by atoms with Gasteiger partial charge in [0.15, 0.2) is 0 Å². The number of hydrogen-bond donors (Lipinski definition) is 3. The zero-order valence-corrected chi connectivity index (χ0v) is 22.5. The lowest BCUT2D eigenvalue weighted by atomic mass is 10.0. The second-order valence-corrected chi connectivity index (χ2v) is 10.9. The van der Waals surface area contributed by atoms with Crippen LogP contribution in [0.5, 0.6) is 5.88 Å². The molecule has 2 aromatic rings. The Balaban J connectivity index is 2.34. The van der Waals surface area contributed by atoms with Gasteiger partial charge >= 0.3 is 0 Å². The molecule has 3 N–H and O–H groups in total. The first kappa shape index (κ1) is 29.6. The zero-order chi connectivity index (χ0) is 26.9. The van der Waals surface area contributed by atoms with Crippen molar-refractivity contribution in [1.82, 2.24) is 9.29 Å². The van der Waals surface area contributed by atoms with E-state index in [1.807, 2.05) is 6.92 Å². The highest BCUT2D eigenvalue weighted by molar-refractivity contribution is 7.89. The van der Waals surface area contributed by atoms with Crippen molar-refractivity contribution >= 4 is 21.4 Å². The van der Waals surface area contributed by atoms with Crippen LogP contribution in [-0.4, -0.2) is 49.1 Å². The van der Waals surface area contributed by atoms with Gasteiger partial charge in [-0.05, 0) is 50.8 Å². The lowest BCUT2D eigenvalue weighted by Crippen LogP contribution is -2.32. The molecule has 0 aliphatic carbocycles. The number of aliphatic hydroxyl groups excluding tert-OH is 1. The first-order valence-electron chi connectivity index (χ1n) is 12.1. The van der Waals surface area contributed by atoms with Crippen LogP contribution in [0, 0.1) is 19.8 Å². The molecule has 1 aromatic carbocycles. The molecular formula is C25H38N4O6S. The minimum absolute atomic E-state index is 0.0240. The van der Waals surface area contributed by atoms with Gasteiger partial charge in [-0.1, -0.05) is 38.8 Å². The van der Waals surface area contributed by atoms with Crippen LogP contribution in [0.1, 0.15) is 51.2 Å². The van der Waals surface area contributed by atoms with E-state index >= 15 is 0 Å². The summed E-state index contributed by atoms with van der Waals surface area (Å²) in [6, 6.07) is 5.99. The van der Waals surface area contributed by atoms with E-state index in [4.69, 9.17) is 9.84 Å². The minimum Gasteiger partial charge on any atom is -0.493 e. The van der Waals surface area contributed by atoms with Gasteiger partial charge in [0.05, 0.1) is 26.4 Å². The molecule has 0 aliphatic rings. The van der Waals surface area contributed by atoms with E-state index in [0.29, 0.717) is 17.0 Å². The highest BCUT2D eigenvalue weighted by Gasteiger charge is 2.22. The normalized spacial score (nSPS) is 13.1. The Morgan fingerprint density at radius 1 is 1.06 bits per heavy atom. The average Bonchev–Trinajstić information content (AvgIpc) is 2.82. The highest BCUT2D eigenvalue weighted by atomic mass is 32.2. The summed E-state index contributed by atoms with van der Waals surface area (Å²) in [7, 11) is -3.86. The van der Waals surface area contributed by atoms with E-state index in [-0.39, 0.29) is 48.7 Å². The summed E-state index contributed by atoms with van der Waals surface area (Å²) < 4.78 is 35.2. The van der Waals surface area contributed by atoms with E-state index in [2.05, 4.69) is 28.8 Å². The number of pyridine rings is 1. The largest absolute Gasteiger partial charge is 0.493 e. The Morgan fingerprint density at radius 3 is 2.42 bits per heavy atom. The number of nitrogens with zero attached hydrogens (tertiary/aromatic N) is 3. The highest BCUT2D eigenvalue weighted by Crippen LogP contribution is 2.33. The van der Waals surface area contributed by atoms with Gasteiger partial charge in [0.25, 0.3) is 5.56 Å². The molecule has 1 aromatic heterocycles. The van der Waals surface area contributed by atoms with Gasteiger partial charge in [-0.15, -0.1) is 10.2 Å². The summed E-state index contributed by atoms with van der Waals surface area (Å²) in [4.78, 5) is 12.6. The number of sulfonamides is 1. The molecule has 0 bridgehead atoms. The maximum absolute atomic E-state index is 13.1. The lowest BCUT2D eigenvalue weighted by molar-refractivity contribution is 0.0854. The smallest absolute Gasteiger partial charge is 0.256 e.